The monoisotopic (exact) mass is 207 g/mol. The molecule has 15 heavy (non-hydrogen) atoms. The van der Waals surface area contributed by atoms with Crippen LogP contribution in [0.15, 0.2) is 24.3 Å². The third-order valence-electron chi connectivity index (χ3n) is 2.85. The van der Waals surface area contributed by atoms with Crippen molar-refractivity contribution in [3.8, 4) is 0 Å². The lowest BCUT2D eigenvalue weighted by molar-refractivity contribution is 0.210. The Morgan fingerprint density at radius 1 is 1.20 bits per heavy atom. The summed E-state index contributed by atoms with van der Waals surface area (Å²) < 4.78 is 0. The van der Waals surface area contributed by atoms with E-state index in [2.05, 4.69) is 38.2 Å². The summed E-state index contributed by atoms with van der Waals surface area (Å²) in [5.74, 6) is 0. The van der Waals surface area contributed by atoms with Gasteiger partial charge in [-0.15, -0.1) is 0 Å². The van der Waals surface area contributed by atoms with E-state index in [1.165, 1.54) is 0 Å². The molecule has 0 aliphatic carbocycles. The topological polar surface area (TPSA) is 41.3 Å². The van der Waals surface area contributed by atoms with Crippen LogP contribution in [0.25, 0.3) is 0 Å². The van der Waals surface area contributed by atoms with Gasteiger partial charge in [0.15, 0.2) is 0 Å². The maximum absolute atomic E-state index is 5.62. The lowest BCUT2D eigenvalue weighted by atomic mass is 10.0. The number of nitrogen functional groups attached to an aromatic ring is 1. The minimum Gasteiger partial charge on any atom is -0.399 e. The summed E-state index contributed by atoms with van der Waals surface area (Å²) in [4.78, 5) is 2.21. The Balaban J connectivity index is 2.54. The summed E-state index contributed by atoms with van der Waals surface area (Å²) in [6, 6.07) is 7.82. The van der Waals surface area contributed by atoms with Crippen LogP contribution in [-0.2, 0) is 0 Å². The number of hydrogen-bond acceptors (Lipinski definition) is 3. The molecule has 0 atom stereocenters. The largest absolute Gasteiger partial charge is 0.399 e. The van der Waals surface area contributed by atoms with Gasteiger partial charge in [-0.25, -0.2) is 0 Å². The molecule has 0 aromatic heterocycles. The Kier molecular flexibility index (Phi) is 3.58. The van der Waals surface area contributed by atoms with Crippen molar-refractivity contribution in [2.24, 2.45) is 0 Å². The zero-order valence-electron chi connectivity index (χ0n) is 10.0. The Labute approximate surface area is 92.3 Å². The summed E-state index contributed by atoms with van der Waals surface area (Å²) in [5.41, 5.74) is 7.67. The number of nitrogens with zero attached hydrogens (tertiary/aromatic N) is 1. The Morgan fingerprint density at radius 3 is 2.20 bits per heavy atom. The fourth-order valence-electron chi connectivity index (χ4n) is 1.08. The van der Waals surface area contributed by atoms with Gasteiger partial charge in [0, 0.05) is 23.5 Å². The van der Waals surface area contributed by atoms with Crippen LogP contribution in [0, 0.1) is 0 Å². The van der Waals surface area contributed by atoms with Crippen molar-refractivity contribution in [3.05, 3.63) is 24.3 Å². The molecule has 1 rings (SSSR count). The number of benzene rings is 1. The van der Waals surface area contributed by atoms with Crippen LogP contribution in [0.1, 0.15) is 13.8 Å². The van der Waals surface area contributed by atoms with E-state index in [0.717, 1.165) is 17.9 Å². The van der Waals surface area contributed by atoms with Crippen LogP contribution in [0.5, 0.6) is 0 Å². The summed E-state index contributed by atoms with van der Waals surface area (Å²) in [6.07, 6.45) is 0. The molecule has 3 nitrogen and oxygen atoms in total. The van der Waals surface area contributed by atoms with Crippen molar-refractivity contribution >= 4 is 11.4 Å². The molecule has 3 N–H and O–H groups in total. The first-order valence-electron chi connectivity index (χ1n) is 5.19. The van der Waals surface area contributed by atoms with Crippen molar-refractivity contribution in [2.45, 2.75) is 19.4 Å². The van der Waals surface area contributed by atoms with Crippen molar-refractivity contribution in [1.29, 1.82) is 0 Å². The normalized spacial score (nSPS) is 11.8. The fourth-order valence-corrected chi connectivity index (χ4v) is 1.08. The molecular weight excluding hydrogens is 186 g/mol. The van der Waals surface area contributed by atoms with Gasteiger partial charge in [0.05, 0.1) is 0 Å². The maximum atomic E-state index is 5.62. The molecule has 0 aliphatic rings. The van der Waals surface area contributed by atoms with E-state index in [9.17, 15) is 0 Å². The first kappa shape index (κ1) is 11.9. The van der Waals surface area contributed by atoms with Crippen LogP contribution in [0.2, 0.25) is 0 Å². The van der Waals surface area contributed by atoms with Crippen LogP contribution in [-0.4, -0.2) is 31.1 Å². The molecular formula is C12H21N3. The van der Waals surface area contributed by atoms with E-state index < -0.39 is 0 Å². The lowest BCUT2D eigenvalue weighted by Gasteiger charge is -2.33. The minimum absolute atomic E-state index is 0.140. The van der Waals surface area contributed by atoms with Crippen LogP contribution in [0.4, 0.5) is 11.4 Å². The molecule has 0 fully saturated rings. The molecule has 0 bridgehead atoms. The fraction of sp³-hybridized carbons (Fsp3) is 0.500. The SMILES string of the molecule is CN(C)C(C)(C)CNc1ccc(N)cc1. The molecule has 1 aromatic carbocycles. The van der Waals surface area contributed by atoms with Crippen LogP contribution >= 0.6 is 0 Å². The van der Waals surface area contributed by atoms with Gasteiger partial charge in [-0.05, 0) is 52.2 Å². The molecule has 0 unspecified atom stereocenters. The number of rotatable bonds is 4. The van der Waals surface area contributed by atoms with Gasteiger partial charge in [-0.1, -0.05) is 0 Å². The number of nitrogens with two attached hydrogens (primary N) is 1. The first-order chi connectivity index (χ1) is 6.92. The van der Waals surface area contributed by atoms with Gasteiger partial charge in [0.1, 0.15) is 0 Å². The van der Waals surface area contributed by atoms with Gasteiger partial charge in [-0.2, -0.15) is 0 Å². The van der Waals surface area contributed by atoms with Gasteiger partial charge in [-0.3, -0.25) is 0 Å². The predicted molar refractivity (Wildman–Crippen MR) is 67.1 cm³/mol. The van der Waals surface area contributed by atoms with Gasteiger partial charge in [0.25, 0.3) is 0 Å². The van der Waals surface area contributed by atoms with Crippen molar-refractivity contribution in [2.75, 3.05) is 31.7 Å². The zero-order chi connectivity index (χ0) is 11.5. The van der Waals surface area contributed by atoms with Gasteiger partial charge < -0.3 is 16.0 Å². The summed E-state index contributed by atoms with van der Waals surface area (Å²) in [6.45, 7) is 5.32. The highest BCUT2D eigenvalue weighted by atomic mass is 15.2. The van der Waals surface area contributed by atoms with E-state index in [4.69, 9.17) is 5.73 Å². The Bertz CT molecular complexity index is 301. The molecule has 84 valence electrons. The Hall–Kier alpha value is -1.22. The molecule has 0 heterocycles. The van der Waals surface area contributed by atoms with E-state index in [1.54, 1.807) is 0 Å². The molecule has 1 aromatic rings. The van der Waals surface area contributed by atoms with Crippen LogP contribution in [0.3, 0.4) is 0 Å². The van der Waals surface area contributed by atoms with E-state index >= 15 is 0 Å². The number of anilines is 2. The predicted octanol–water partition coefficient (Wildman–Crippen LogP) is 2.02. The average Bonchev–Trinajstić information content (AvgIpc) is 2.17. The third-order valence-corrected chi connectivity index (χ3v) is 2.85. The molecule has 0 saturated heterocycles. The van der Waals surface area contributed by atoms with Crippen molar-refractivity contribution < 1.29 is 0 Å². The van der Waals surface area contributed by atoms with E-state index in [-0.39, 0.29) is 5.54 Å². The van der Waals surface area contributed by atoms with Crippen LogP contribution < -0.4 is 11.1 Å². The zero-order valence-corrected chi connectivity index (χ0v) is 10.0. The molecule has 0 radical (unpaired) electrons. The summed E-state index contributed by atoms with van der Waals surface area (Å²) in [5, 5.41) is 3.40. The highest BCUT2D eigenvalue weighted by molar-refractivity contribution is 5.51. The van der Waals surface area contributed by atoms with E-state index in [1.807, 2.05) is 24.3 Å². The molecule has 0 saturated carbocycles. The second-order valence-electron chi connectivity index (χ2n) is 4.68. The second-order valence-corrected chi connectivity index (χ2v) is 4.68. The second kappa shape index (κ2) is 4.53. The van der Waals surface area contributed by atoms with Crippen molar-refractivity contribution in [3.63, 3.8) is 0 Å². The highest BCUT2D eigenvalue weighted by Gasteiger charge is 2.19. The van der Waals surface area contributed by atoms with E-state index in [0.29, 0.717) is 0 Å². The molecule has 0 aliphatic heterocycles. The number of likely N-dealkylation sites (N-methyl/N-ethyl adjacent to an activating group) is 1. The standard InChI is InChI=1S/C12H21N3/c1-12(2,15(3)4)9-14-11-7-5-10(13)6-8-11/h5-8,14H,9,13H2,1-4H3. The quantitative estimate of drug-likeness (QED) is 0.742. The molecule has 0 spiro atoms. The minimum atomic E-state index is 0.140. The summed E-state index contributed by atoms with van der Waals surface area (Å²) in [7, 11) is 4.18. The third kappa shape index (κ3) is 3.44. The smallest absolute Gasteiger partial charge is 0.0342 e. The number of nitrogens with one attached hydrogen (secondary N) is 1. The van der Waals surface area contributed by atoms with Gasteiger partial charge >= 0.3 is 0 Å². The molecule has 3 heteroatoms. The Morgan fingerprint density at radius 2 is 1.73 bits per heavy atom. The molecule has 0 amide bonds. The first-order valence-corrected chi connectivity index (χ1v) is 5.19. The number of hydrogen-bond donors (Lipinski definition) is 2. The van der Waals surface area contributed by atoms with Crippen molar-refractivity contribution in [1.82, 2.24) is 4.90 Å². The highest BCUT2D eigenvalue weighted by Crippen LogP contribution is 2.14. The average molecular weight is 207 g/mol. The lowest BCUT2D eigenvalue weighted by Crippen LogP contribution is -2.44. The van der Waals surface area contributed by atoms with Gasteiger partial charge in [0.2, 0.25) is 0 Å². The maximum Gasteiger partial charge on any atom is 0.0342 e. The summed E-state index contributed by atoms with van der Waals surface area (Å²) >= 11 is 0.